The highest BCUT2D eigenvalue weighted by Gasteiger charge is 2.34. The van der Waals surface area contributed by atoms with Crippen molar-refractivity contribution in [1.82, 2.24) is 15.0 Å². The standard InChI is InChI=1S/C22H21ClFN3O4/c1-29-18-6-3-13(9-19(18)30-2)7-8-27-12-15(11-20(27)28)22-25-21(26-31-22)14-4-5-17(24)16(23)10-14/h3-6,9-10,15H,7-8,11-12H2,1-2H3. The molecule has 0 aliphatic carbocycles. The zero-order chi connectivity index (χ0) is 22.0. The van der Waals surface area contributed by atoms with E-state index in [0.717, 1.165) is 5.56 Å². The monoisotopic (exact) mass is 445 g/mol. The summed E-state index contributed by atoms with van der Waals surface area (Å²) in [5.74, 6) is 1.36. The van der Waals surface area contributed by atoms with E-state index in [1.165, 1.54) is 18.2 Å². The average Bonchev–Trinajstić information content (AvgIpc) is 3.41. The van der Waals surface area contributed by atoms with Gasteiger partial charge in [0.05, 0.1) is 25.2 Å². The first-order valence-corrected chi connectivity index (χ1v) is 10.1. The predicted molar refractivity (Wildman–Crippen MR) is 112 cm³/mol. The van der Waals surface area contributed by atoms with E-state index in [1.807, 2.05) is 18.2 Å². The Hall–Kier alpha value is -3.13. The zero-order valence-electron chi connectivity index (χ0n) is 17.1. The molecular formula is C22H21ClFN3O4. The Bertz CT molecular complexity index is 1100. The van der Waals surface area contributed by atoms with E-state index in [0.29, 0.717) is 54.7 Å². The van der Waals surface area contributed by atoms with E-state index in [9.17, 15) is 9.18 Å². The highest BCUT2D eigenvalue weighted by molar-refractivity contribution is 6.31. The van der Waals surface area contributed by atoms with Gasteiger partial charge in [0, 0.05) is 25.1 Å². The zero-order valence-corrected chi connectivity index (χ0v) is 17.9. The Morgan fingerprint density at radius 3 is 2.74 bits per heavy atom. The molecule has 1 amide bonds. The first-order valence-electron chi connectivity index (χ1n) is 9.76. The van der Waals surface area contributed by atoms with Gasteiger partial charge in [-0.25, -0.2) is 4.39 Å². The van der Waals surface area contributed by atoms with Gasteiger partial charge in [0.25, 0.3) is 0 Å². The number of halogens is 2. The van der Waals surface area contributed by atoms with Crippen molar-refractivity contribution in [3.63, 3.8) is 0 Å². The molecule has 1 unspecified atom stereocenters. The highest BCUT2D eigenvalue weighted by Crippen LogP contribution is 2.31. The summed E-state index contributed by atoms with van der Waals surface area (Å²) in [6.45, 7) is 1.07. The van der Waals surface area contributed by atoms with Crippen molar-refractivity contribution in [3.8, 4) is 22.9 Å². The second-order valence-corrected chi connectivity index (χ2v) is 7.67. The van der Waals surface area contributed by atoms with Crippen LogP contribution in [0.5, 0.6) is 11.5 Å². The maximum atomic E-state index is 13.4. The van der Waals surface area contributed by atoms with Crippen LogP contribution in [0.15, 0.2) is 40.9 Å². The van der Waals surface area contributed by atoms with E-state index < -0.39 is 5.82 Å². The summed E-state index contributed by atoms with van der Waals surface area (Å²) in [5, 5.41) is 3.95. The summed E-state index contributed by atoms with van der Waals surface area (Å²) in [6, 6.07) is 9.95. The molecule has 1 fully saturated rings. The molecule has 0 spiro atoms. The number of carbonyl (C=O) groups is 1. The predicted octanol–water partition coefficient (Wildman–Crippen LogP) is 4.10. The molecule has 9 heteroatoms. The van der Waals surface area contributed by atoms with Crippen LogP contribution < -0.4 is 9.47 Å². The lowest BCUT2D eigenvalue weighted by molar-refractivity contribution is -0.127. The summed E-state index contributed by atoms with van der Waals surface area (Å²) < 4.78 is 29.3. The van der Waals surface area contributed by atoms with Crippen molar-refractivity contribution >= 4 is 17.5 Å². The minimum absolute atomic E-state index is 0.0127. The van der Waals surface area contributed by atoms with Crippen LogP contribution in [0.3, 0.4) is 0 Å². The molecule has 162 valence electrons. The first kappa shape index (κ1) is 21.1. The SMILES string of the molecule is COc1ccc(CCN2CC(c3nc(-c4ccc(F)c(Cl)c4)no3)CC2=O)cc1OC. The molecule has 1 atom stereocenters. The van der Waals surface area contributed by atoms with Gasteiger partial charge < -0.3 is 18.9 Å². The molecule has 0 N–H and O–H groups in total. The van der Waals surface area contributed by atoms with Crippen LogP contribution >= 0.6 is 11.6 Å². The number of amides is 1. The van der Waals surface area contributed by atoms with Crippen LogP contribution in [0.25, 0.3) is 11.4 Å². The van der Waals surface area contributed by atoms with Gasteiger partial charge in [0.15, 0.2) is 11.5 Å². The largest absolute Gasteiger partial charge is 0.493 e. The Kier molecular flexibility index (Phi) is 6.08. The molecule has 0 saturated carbocycles. The number of ether oxygens (including phenoxy) is 2. The van der Waals surface area contributed by atoms with E-state index in [1.54, 1.807) is 19.1 Å². The topological polar surface area (TPSA) is 77.7 Å². The molecule has 31 heavy (non-hydrogen) atoms. The van der Waals surface area contributed by atoms with Gasteiger partial charge in [-0.3, -0.25) is 4.79 Å². The van der Waals surface area contributed by atoms with Crippen LogP contribution in [-0.4, -0.2) is 48.3 Å². The summed E-state index contributed by atoms with van der Waals surface area (Å²) >= 11 is 5.83. The lowest BCUT2D eigenvalue weighted by Crippen LogP contribution is -2.27. The third-order valence-corrected chi connectivity index (χ3v) is 5.59. The van der Waals surface area contributed by atoms with Crippen LogP contribution in [0.2, 0.25) is 5.02 Å². The van der Waals surface area contributed by atoms with Crippen molar-refractivity contribution in [2.24, 2.45) is 0 Å². The average molecular weight is 446 g/mol. The second-order valence-electron chi connectivity index (χ2n) is 7.27. The van der Waals surface area contributed by atoms with Gasteiger partial charge in [-0.1, -0.05) is 22.8 Å². The number of methoxy groups -OCH3 is 2. The fourth-order valence-corrected chi connectivity index (χ4v) is 3.79. The maximum absolute atomic E-state index is 13.4. The number of likely N-dealkylation sites (tertiary alicyclic amines) is 1. The van der Waals surface area contributed by atoms with Crippen LogP contribution in [0, 0.1) is 5.82 Å². The molecular weight excluding hydrogens is 425 g/mol. The maximum Gasteiger partial charge on any atom is 0.232 e. The fraction of sp³-hybridized carbons (Fsp3) is 0.318. The Morgan fingerprint density at radius 1 is 1.19 bits per heavy atom. The van der Waals surface area contributed by atoms with Crippen molar-refractivity contribution in [2.75, 3.05) is 27.3 Å². The number of benzene rings is 2. The lowest BCUT2D eigenvalue weighted by Gasteiger charge is -2.16. The summed E-state index contributed by atoms with van der Waals surface area (Å²) in [5.41, 5.74) is 1.60. The van der Waals surface area contributed by atoms with E-state index in [-0.39, 0.29) is 16.8 Å². The van der Waals surface area contributed by atoms with E-state index in [4.69, 9.17) is 25.6 Å². The smallest absolute Gasteiger partial charge is 0.232 e. The van der Waals surface area contributed by atoms with Gasteiger partial charge in [0.1, 0.15) is 5.82 Å². The van der Waals surface area contributed by atoms with Gasteiger partial charge >= 0.3 is 0 Å². The molecule has 1 aliphatic rings. The van der Waals surface area contributed by atoms with Gasteiger partial charge in [-0.2, -0.15) is 4.98 Å². The Morgan fingerprint density at radius 2 is 2.00 bits per heavy atom. The molecule has 2 heterocycles. The number of nitrogens with zero attached hydrogens (tertiary/aromatic N) is 3. The first-order chi connectivity index (χ1) is 15.0. The van der Waals surface area contributed by atoms with Crippen LogP contribution in [-0.2, 0) is 11.2 Å². The summed E-state index contributed by atoms with van der Waals surface area (Å²) in [7, 11) is 3.18. The molecule has 3 aromatic rings. The molecule has 4 rings (SSSR count). The molecule has 1 aliphatic heterocycles. The molecule has 2 aromatic carbocycles. The van der Waals surface area contributed by atoms with E-state index in [2.05, 4.69) is 10.1 Å². The normalized spacial score (nSPS) is 16.1. The molecule has 0 bridgehead atoms. The third-order valence-electron chi connectivity index (χ3n) is 5.30. The van der Waals surface area contributed by atoms with Crippen LogP contribution in [0.4, 0.5) is 4.39 Å². The van der Waals surface area contributed by atoms with Crippen molar-refractivity contribution in [3.05, 3.63) is 58.7 Å². The van der Waals surface area contributed by atoms with Gasteiger partial charge in [0.2, 0.25) is 17.6 Å². The quantitative estimate of drug-likeness (QED) is 0.544. The van der Waals surface area contributed by atoms with E-state index >= 15 is 0 Å². The van der Waals surface area contributed by atoms with Gasteiger partial charge in [-0.05, 0) is 42.3 Å². The molecule has 1 aromatic heterocycles. The highest BCUT2D eigenvalue weighted by atomic mass is 35.5. The number of hydrogen-bond donors (Lipinski definition) is 0. The minimum atomic E-state index is -0.513. The Balaban J connectivity index is 1.40. The number of rotatable bonds is 7. The van der Waals surface area contributed by atoms with Gasteiger partial charge in [-0.15, -0.1) is 0 Å². The number of aromatic nitrogens is 2. The second kappa shape index (κ2) is 8.93. The summed E-state index contributed by atoms with van der Waals surface area (Å²) in [4.78, 5) is 18.7. The van der Waals surface area contributed by atoms with Crippen molar-refractivity contribution in [1.29, 1.82) is 0 Å². The summed E-state index contributed by atoms with van der Waals surface area (Å²) in [6.07, 6.45) is 0.986. The number of carbonyl (C=O) groups excluding carboxylic acids is 1. The molecule has 1 saturated heterocycles. The third kappa shape index (κ3) is 4.49. The fourth-order valence-electron chi connectivity index (χ4n) is 3.61. The Labute approximate surface area is 183 Å². The number of hydrogen-bond acceptors (Lipinski definition) is 6. The molecule has 7 nitrogen and oxygen atoms in total. The van der Waals surface area contributed by atoms with Crippen LogP contribution in [0.1, 0.15) is 23.8 Å². The van der Waals surface area contributed by atoms with Crippen molar-refractivity contribution < 1.29 is 23.2 Å². The van der Waals surface area contributed by atoms with Crippen molar-refractivity contribution in [2.45, 2.75) is 18.8 Å². The lowest BCUT2D eigenvalue weighted by atomic mass is 10.1. The molecule has 0 radical (unpaired) electrons. The minimum Gasteiger partial charge on any atom is -0.493 e.